The first-order valence-electron chi connectivity index (χ1n) is 4.82. The third kappa shape index (κ3) is 6.71. The van der Waals surface area contributed by atoms with Crippen molar-refractivity contribution in [1.29, 1.82) is 0 Å². The number of aliphatic carboxylic acids is 1. The topological polar surface area (TPSA) is 63.6 Å². The second-order valence-electron chi connectivity index (χ2n) is 4.35. The van der Waals surface area contributed by atoms with Gasteiger partial charge in [-0.25, -0.2) is 0 Å². The summed E-state index contributed by atoms with van der Waals surface area (Å²) in [6, 6.07) is 0. The zero-order valence-corrected chi connectivity index (χ0v) is 9.45. The minimum atomic E-state index is -0.999. The van der Waals surface area contributed by atoms with Crippen LogP contribution >= 0.6 is 0 Å². The molecule has 0 rings (SSSR count). The van der Waals surface area contributed by atoms with Gasteiger partial charge < -0.3 is 9.84 Å². The minimum Gasteiger partial charge on any atom is -0.481 e. The molecule has 0 aliphatic carbocycles. The smallest absolute Gasteiger partial charge is 0.307 e. The zero-order chi connectivity index (χ0) is 12.1. The Labute approximate surface area is 89.9 Å². The number of ether oxygens (including phenoxy) is 1. The summed E-state index contributed by atoms with van der Waals surface area (Å²) in [4.78, 5) is 22.1. The lowest BCUT2D eigenvalue weighted by Crippen LogP contribution is -2.27. The molecule has 0 fully saturated rings. The standard InChI is InChI=1S/C11H18O4/c1-5-6-8(10(13)14)7-9(12)15-11(2,3)4/h5,8H,1,6-7H2,2-4H3,(H,13,14). The van der Waals surface area contributed by atoms with Gasteiger partial charge in [0.25, 0.3) is 0 Å². The molecular weight excluding hydrogens is 196 g/mol. The highest BCUT2D eigenvalue weighted by Crippen LogP contribution is 2.14. The maximum absolute atomic E-state index is 11.3. The van der Waals surface area contributed by atoms with Crippen molar-refractivity contribution in [3.8, 4) is 0 Å². The van der Waals surface area contributed by atoms with Gasteiger partial charge in [0.05, 0.1) is 12.3 Å². The number of allylic oxidation sites excluding steroid dienone is 1. The van der Waals surface area contributed by atoms with Crippen LogP contribution in [-0.4, -0.2) is 22.6 Å². The van der Waals surface area contributed by atoms with E-state index in [1.165, 1.54) is 6.08 Å². The first-order chi connectivity index (χ1) is 6.76. The van der Waals surface area contributed by atoms with Crippen molar-refractivity contribution in [3.05, 3.63) is 12.7 Å². The van der Waals surface area contributed by atoms with Gasteiger partial charge in [0.15, 0.2) is 0 Å². The third-order valence-corrected chi connectivity index (χ3v) is 1.63. The number of carbonyl (C=O) groups is 2. The fraction of sp³-hybridized carbons (Fsp3) is 0.636. The number of rotatable bonds is 5. The number of hydrogen-bond donors (Lipinski definition) is 1. The quantitative estimate of drug-likeness (QED) is 0.561. The third-order valence-electron chi connectivity index (χ3n) is 1.63. The van der Waals surface area contributed by atoms with E-state index >= 15 is 0 Å². The molecule has 0 saturated heterocycles. The van der Waals surface area contributed by atoms with Crippen molar-refractivity contribution in [2.45, 2.75) is 39.2 Å². The maximum Gasteiger partial charge on any atom is 0.307 e. The van der Waals surface area contributed by atoms with E-state index in [2.05, 4.69) is 6.58 Å². The van der Waals surface area contributed by atoms with Crippen LogP contribution in [0, 0.1) is 5.92 Å². The first-order valence-corrected chi connectivity index (χ1v) is 4.82. The van der Waals surface area contributed by atoms with Gasteiger partial charge in [-0.1, -0.05) is 6.08 Å². The molecule has 86 valence electrons. The molecule has 0 saturated carbocycles. The summed E-state index contributed by atoms with van der Waals surface area (Å²) in [5.41, 5.74) is -0.575. The highest BCUT2D eigenvalue weighted by molar-refractivity contribution is 5.79. The molecule has 0 aromatic heterocycles. The Bertz CT molecular complexity index is 250. The number of carboxylic acids is 1. The van der Waals surface area contributed by atoms with Crippen LogP contribution in [0.3, 0.4) is 0 Å². The molecule has 0 aromatic rings. The summed E-state index contributed by atoms with van der Waals surface area (Å²) in [5.74, 6) is -2.23. The van der Waals surface area contributed by atoms with Crippen molar-refractivity contribution in [3.63, 3.8) is 0 Å². The van der Waals surface area contributed by atoms with E-state index < -0.39 is 23.5 Å². The molecule has 1 unspecified atom stereocenters. The van der Waals surface area contributed by atoms with Crippen molar-refractivity contribution >= 4 is 11.9 Å². The van der Waals surface area contributed by atoms with Crippen LogP contribution in [0.5, 0.6) is 0 Å². The van der Waals surface area contributed by atoms with Crippen LogP contribution in [0.25, 0.3) is 0 Å². The van der Waals surface area contributed by atoms with Crippen LogP contribution < -0.4 is 0 Å². The maximum atomic E-state index is 11.3. The van der Waals surface area contributed by atoms with Crippen molar-refractivity contribution in [2.24, 2.45) is 5.92 Å². The van der Waals surface area contributed by atoms with Crippen molar-refractivity contribution < 1.29 is 19.4 Å². The summed E-state index contributed by atoms with van der Waals surface area (Å²) in [6.07, 6.45) is 1.65. The van der Waals surface area contributed by atoms with Gasteiger partial charge in [0.2, 0.25) is 0 Å². The van der Waals surface area contributed by atoms with Crippen molar-refractivity contribution in [1.82, 2.24) is 0 Å². The number of hydrogen-bond acceptors (Lipinski definition) is 3. The summed E-state index contributed by atoms with van der Waals surface area (Å²) < 4.78 is 5.03. The van der Waals surface area contributed by atoms with Gasteiger partial charge in [0, 0.05) is 0 Å². The molecule has 0 aliphatic rings. The predicted molar refractivity (Wildman–Crippen MR) is 56.4 cm³/mol. The molecule has 4 heteroatoms. The summed E-state index contributed by atoms with van der Waals surface area (Å²) >= 11 is 0. The largest absolute Gasteiger partial charge is 0.481 e. The Morgan fingerprint density at radius 1 is 1.47 bits per heavy atom. The van der Waals surface area contributed by atoms with E-state index in [9.17, 15) is 9.59 Å². The van der Waals surface area contributed by atoms with Gasteiger partial charge in [-0.3, -0.25) is 9.59 Å². The summed E-state index contributed by atoms with van der Waals surface area (Å²) in [6.45, 7) is 8.68. The molecule has 0 heterocycles. The fourth-order valence-electron chi connectivity index (χ4n) is 1.06. The molecule has 0 spiro atoms. The molecule has 0 radical (unpaired) electrons. The van der Waals surface area contributed by atoms with Gasteiger partial charge in [-0.05, 0) is 27.2 Å². The normalized spacial score (nSPS) is 13.0. The average Bonchev–Trinajstić information content (AvgIpc) is 1.99. The van der Waals surface area contributed by atoms with Crippen LogP contribution in [-0.2, 0) is 14.3 Å². The predicted octanol–water partition coefficient (Wildman–Crippen LogP) is 2.00. The Balaban J connectivity index is 4.23. The van der Waals surface area contributed by atoms with E-state index in [0.29, 0.717) is 0 Å². The Hall–Kier alpha value is -1.32. The lowest BCUT2D eigenvalue weighted by Gasteiger charge is -2.20. The Morgan fingerprint density at radius 3 is 2.33 bits per heavy atom. The second kappa shape index (κ2) is 5.53. The fourth-order valence-corrected chi connectivity index (χ4v) is 1.06. The molecule has 4 nitrogen and oxygen atoms in total. The SMILES string of the molecule is C=CCC(CC(=O)OC(C)(C)C)C(=O)O. The highest BCUT2D eigenvalue weighted by atomic mass is 16.6. The molecular formula is C11H18O4. The van der Waals surface area contributed by atoms with E-state index in [-0.39, 0.29) is 12.8 Å². The second-order valence-corrected chi connectivity index (χ2v) is 4.35. The molecule has 0 aromatic carbocycles. The van der Waals surface area contributed by atoms with E-state index in [0.717, 1.165) is 0 Å². The van der Waals surface area contributed by atoms with Gasteiger partial charge in [-0.2, -0.15) is 0 Å². The Morgan fingerprint density at radius 2 is 2.00 bits per heavy atom. The van der Waals surface area contributed by atoms with Crippen LogP contribution in [0.4, 0.5) is 0 Å². The zero-order valence-electron chi connectivity index (χ0n) is 9.45. The monoisotopic (exact) mass is 214 g/mol. The van der Waals surface area contributed by atoms with Gasteiger partial charge in [-0.15, -0.1) is 6.58 Å². The molecule has 0 bridgehead atoms. The number of esters is 1. The average molecular weight is 214 g/mol. The van der Waals surface area contributed by atoms with E-state index in [1.807, 2.05) is 0 Å². The lowest BCUT2D eigenvalue weighted by molar-refractivity contribution is -0.159. The Kier molecular flexibility index (Phi) is 5.05. The molecule has 0 aliphatic heterocycles. The van der Waals surface area contributed by atoms with Gasteiger partial charge in [0.1, 0.15) is 5.60 Å². The number of carbonyl (C=O) groups excluding carboxylic acids is 1. The summed E-state index contributed by atoms with van der Waals surface area (Å²) in [5, 5.41) is 8.80. The minimum absolute atomic E-state index is 0.112. The lowest BCUT2D eigenvalue weighted by atomic mass is 10.0. The van der Waals surface area contributed by atoms with Crippen molar-refractivity contribution in [2.75, 3.05) is 0 Å². The van der Waals surface area contributed by atoms with Crippen LogP contribution in [0.15, 0.2) is 12.7 Å². The van der Waals surface area contributed by atoms with Crippen LogP contribution in [0.1, 0.15) is 33.6 Å². The summed E-state index contributed by atoms with van der Waals surface area (Å²) in [7, 11) is 0. The number of carboxylic acid groups (broad SMARTS) is 1. The molecule has 1 atom stereocenters. The molecule has 0 amide bonds. The van der Waals surface area contributed by atoms with E-state index in [1.54, 1.807) is 20.8 Å². The molecule has 15 heavy (non-hydrogen) atoms. The van der Waals surface area contributed by atoms with Crippen LogP contribution in [0.2, 0.25) is 0 Å². The first kappa shape index (κ1) is 13.7. The van der Waals surface area contributed by atoms with Gasteiger partial charge >= 0.3 is 11.9 Å². The van der Waals surface area contributed by atoms with E-state index in [4.69, 9.17) is 9.84 Å². The highest BCUT2D eigenvalue weighted by Gasteiger charge is 2.23. The molecule has 1 N–H and O–H groups in total.